The summed E-state index contributed by atoms with van der Waals surface area (Å²) in [6.45, 7) is 0. The lowest BCUT2D eigenvalue weighted by Crippen LogP contribution is -2.52. The van der Waals surface area contributed by atoms with Gasteiger partial charge in [0.1, 0.15) is 0 Å². The molecule has 0 radical (unpaired) electrons. The first-order valence-corrected chi connectivity index (χ1v) is 8.47. The Kier molecular flexibility index (Phi) is 4.45. The van der Waals surface area contributed by atoms with Crippen LogP contribution in [0.25, 0.3) is 0 Å². The molecule has 0 aromatic carbocycles. The highest BCUT2D eigenvalue weighted by molar-refractivity contribution is 5.83. The number of nitrogens with one attached hydrogen (secondary N) is 1. The van der Waals surface area contributed by atoms with Gasteiger partial charge in [0, 0.05) is 6.04 Å². The maximum atomic E-state index is 13.0. The molecular formula is C17H28N2O. The largest absolute Gasteiger partial charge is 0.332 e. The molecule has 20 heavy (non-hydrogen) atoms. The zero-order chi connectivity index (χ0) is 13.9. The number of fused-ring (bicyclic) bond motifs is 1. The van der Waals surface area contributed by atoms with E-state index in [-0.39, 0.29) is 6.04 Å². The van der Waals surface area contributed by atoms with Gasteiger partial charge >= 0.3 is 0 Å². The topological polar surface area (TPSA) is 32.3 Å². The molecule has 0 aromatic rings. The van der Waals surface area contributed by atoms with Crippen LogP contribution in [0, 0.1) is 5.92 Å². The Morgan fingerprint density at radius 1 is 1.10 bits per heavy atom. The third kappa shape index (κ3) is 2.65. The SMILES string of the molecule is CNC1CCC2CCCC2N(C2C=CCCCC2)C1=O. The second-order valence-corrected chi connectivity index (χ2v) is 6.70. The minimum absolute atomic E-state index is 0.0391. The lowest BCUT2D eigenvalue weighted by Gasteiger charge is -2.37. The average Bonchev–Trinajstić information content (AvgIpc) is 2.69. The minimum Gasteiger partial charge on any atom is -0.332 e. The fourth-order valence-corrected chi connectivity index (χ4v) is 4.44. The van der Waals surface area contributed by atoms with Gasteiger partial charge in [0.25, 0.3) is 0 Å². The van der Waals surface area contributed by atoms with Gasteiger partial charge in [0.2, 0.25) is 5.91 Å². The molecule has 3 rings (SSSR count). The fraction of sp³-hybridized carbons (Fsp3) is 0.824. The first-order valence-electron chi connectivity index (χ1n) is 8.47. The number of carbonyl (C=O) groups is 1. The Morgan fingerprint density at radius 3 is 2.85 bits per heavy atom. The molecule has 1 aliphatic heterocycles. The number of nitrogens with zero attached hydrogens (tertiary/aromatic N) is 1. The van der Waals surface area contributed by atoms with E-state index in [9.17, 15) is 4.79 Å². The van der Waals surface area contributed by atoms with E-state index in [0.717, 1.165) is 18.8 Å². The zero-order valence-electron chi connectivity index (χ0n) is 12.7. The number of rotatable bonds is 2. The van der Waals surface area contributed by atoms with Gasteiger partial charge in [0.05, 0.1) is 12.1 Å². The van der Waals surface area contributed by atoms with Crippen molar-refractivity contribution in [3.63, 3.8) is 0 Å². The molecule has 3 nitrogen and oxygen atoms in total. The van der Waals surface area contributed by atoms with Gasteiger partial charge < -0.3 is 10.2 Å². The summed E-state index contributed by atoms with van der Waals surface area (Å²) >= 11 is 0. The lowest BCUT2D eigenvalue weighted by atomic mass is 9.96. The van der Waals surface area contributed by atoms with Crippen molar-refractivity contribution in [3.05, 3.63) is 12.2 Å². The molecule has 0 aromatic heterocycles. The predicted octanol–water partition coefficient (Wildman–Crippen LogP) is 2.86. The van der Waals surface area contributed by atoms with Crippen LogP contribution in [-0.4, -0.2) is 36.0 Å². The van der Waals surface area contributed by atoms with Crippen LogP contribution >= 0.6 is 0 Å². The summed E-state index contributed by atoms with van der Waals surface area (Å²) in [6, 6.07) is 0.899. The highest BCUT2D eigenvalue weighted by atomic mass is 16.2. The van der Waals surface area contributed by atoms with Crippen molar-refractivity contribution in [3.8, 4) is 0 Å². The van der Waals surface area contributed by atoms with E-state index in [4.69, 9.17) is 0 Å². The molecule has 3 heteroatoms. The smallest absolute Gasteiger partial charge is 0.240 e. The fourth-order valence-electron chi connectivity index (χ4n) is 4.44. The molecule has 3 aliphatic rings. The Hall–Kier alpha value is -0.830. The second-order valence-electron chi connectivity index (χ2n) is 6.70. The van der Waals surface area contributed by atoms with E-state index in [1.807, 2.05) is 7.05 Å². The maximum Gasteiger partial charge on any atom is 0.240 e. The van der Waals surface area contributed by atoms with Crippen LogP contribution < -0.4 is 5.32 Å². The van der Waals surface area contributed by atoms with Crippen LogP contribution in [0.5, 0.6) is 0 Å². The third-order valence-electron chi connectivity index (χ3n) is 5.54. The van der Waals surface area contributed by atoms with Crippen LogP contribution in [0.15, 0.2) is 12.2 Å². The van der Waals surface area contributed by atoms with Crippen molar-refractivity contribution in [1.29, 1.82) is 0 Å². The standard InChI is InChI=1S/C17H28N2O/c1-18-15-12-11-13-7-6-10-16(13)19(17(15)20)14-8-4-2-3-5-9-14/h4,8,13-16,18H,2-3,5-7,9-12H2,1H3. The summed E-state index contributed by atoms with van der Waals surface area (Å²) in [7, 11) is 1.94. The number of allylic oxidation sites excluding steroid dienone is 1. The number of hydrogen-bond donors (Lipinski definition) is 1. The van der Waals surface area contributed by atoms with Gasteiger partial charge in [-0.1, -0.05) is 25.0 Å². The van der Waals surface area contributed by atoms with Crippen molar-refractivity contribution >= 4 is 5.91 Å². The molecule has 0 bridgehead atoms. The molecule has 4 unspecified atom stereocenters. The van der Waals surface area contributed by atoms with Crippen LogP contribution in [0.4, 0.5) is 0 Å². The molecular weight excluding hydrogens is 248 g/mol. The minimum atomic E-state index is 0.0391. The quantitative estimate of drug-likeness (QED) is 0.787. The summed E-state index contributed by atoms with van der Waals surface area (Å²) in [4.78, 5) is 15.2. The van der Waals surface area contributed by atoms with Gasteiger partial charge in [-0.25, -0.2) is 0 Å². The highest BCUT2D eigenvalue weighted by Crippen LogP contribution is 2.38. The normalized spacial score (nSPS) is 38.5. The number of amides is 1. The van der Waals surface area contributed by atoms with Gasteiger partial charge in [-0.15, -0.1) is 0 Å². The summed E-state index contributed by atoms with van der Waals surface area (Å²) < 4.78 is 0. The van der Waals surface area contributed by atoms with E-state index in [1.54, 1.807) is 0 Å². The van der Waals surface area contributed by atoms with Crippen molar-refractivity contribution in [2.45, 2.75) is 75.9 Å². The average molecular weight is 276 g/mol. The lowest BCUT2D eigenvalue weighted by molar-refractivity contribution is -0.137. The maximum absolute atomic E-state index is 13.0. The monoisotopic (exact) mass is 276 g/mol. The molecule has 1 heterocycles. The summed E-state index contributed by atoms with van der Waals surface area (Å²) in [5.41, 5.74) is 0. The summed E-state index contributed by atoms with van der Waals surface area (Å²) in [6.07, 6.45) is 15.6. The molecule has 4 atom stereocenters. The van der Waals surface area contributed by atoms with Crippen molar-refractivity contribution in [1.82, 2.24) is 10.2 Å². The summed E-state index contributed by atoms with van der Waals surface area (Å²) in [5, 5.41) is 3.25. The van der Waals surface area contributed by atoms with Gasteiger partial charge in [-0.05, 0) is 57.9 Å². The third-order valence-corrected chi connectivity index (χ3v) is 5.54. The van der Waals surface area contributed by atoms with E-state index in [1.165, 1.54) is 44.9 Å². The molecule has 112 valence electrons. The van der Waals surface area contributed by atoms with E-state index in [2.05, 4.69) is 22.4 Å². The Bertz CT molecular complexity index is 379. The molecule has 1 N–H and O–H groups in total. The Morgan fingerprint density at radius 2 is 2.00 bits per heavy atom. The van der Waals surface area contributed by atoms with E-state index in [0.29, 0.717) is 18.0 Å². The molecule has 0 spiro atoms. The van der Waals surface area contributed by atoms with Crippen molar-refractivity contribution < 1.29 is 4.79 Å². The molecule has 2 aliphatic carbocycles. The van der Waals surface area contributed by atoms with Crippen LogP contribution in [-0.2, 0) is 4.79 Å². The molecule has 1 saturated heterocycles. The number of likely N-dealkylation sites (tertiary alicyclic amines) is 1. The van der Waals surface area contributed by atoms with Crippen LogP contribution in [0.3, 0.4) is 0 Å². The van der Waals surface area contributed by atoms with E-state index < -0.39 is 0 Å². The van der Waals surface area contributed by atoms with Crippen molar-refractivity contribution in [2.75, 3.05) is 7.05 Å². The number of carbonyl (C=O) groups excluding carboxylic acids is 1. The molecule has 1 amide bonds. The molecule has 1 saturated carbocycles. The summed E-state index contributed by atoms with van der Waals surface area (Å²) in [5.74, 6) is 1.10. The number of likely N-dealkylation sites (N-methyl/N-ethyl adjacent to an activating group) is 1. The molecule has 2 fully saturated rings. The predicted molar refractivity (Wildman–Crippen MR) is 81.5 cm³/mol. The Balaban J connectivity index is 1.87. The number of hydrogen-bond acceptors (Lipinski definition) is 2. The first kappa shape index (κ1) is 14.1. The van der Waals surface area contributed by atoms with Crippen molar-refractivity contribution in [2.24, 2.45) is 5.92 Å². The van der Waals surface area contributed by atoms with E-state index >= 15 is 0 Å². The Labute approximate surface area is 122 Å². The van der Waals surface area contributed by atoms with Gasteiger partial charge in [0.15, 0.2) is 0 Å². The zero-order valence-corrected chi connectivity index (χ0v) is 12.7. The van der Waals surface area contributed by atoms with Crippen LogP contribution in [0.1, 0.15) is 57.8 Å². The second kappa shape index (κ2) is 6.30. The first-order chi connectivity index (χ1) is 9.81. The van der Waals surface area contributed by atoms with Gasteiger partial charge in [-0.3, -0.25) is 4.79 Å². The van der Waals surface area contributed by atoms with Gasteiger partial charge in [-0.2, -0.15) is 0 Å². The van der Waals surface area contributed by atoms with Crippen LogP contribution in [0.2, 0.25) is 0 Å². The highest BCUT2D eigenvalue weighted by Gasteiger charge is 2.42.